The van der Waals surface area contributed by atoms with Gasteiger partial charge >= 0.3 is 12.7 Å². The Morgan fingerprint density at radius 1 is 0.528 bits per heavy atom. The highest BCUT2D eigenvalue weighted by Gasteiger charge is 2.36. The van der Waals surface area contributed by atoms with Crippen molar-refractivity contribution in [1.29, 1.82) is 21.0 Å². The fourth-order valence-electron chi connectivity index (χ4n) is 7.05. The summed E-state index contributed by atoms with van der Waals surface area (Å²) in [7, 11) is 0. The van der Waals surface area contributed by atoms with Gasteiger partial charge in [-0.2, -0.15) is 21.0 Å². The standard InChI is InChI=1S/C41H20F6N4O2/c42-40(43,44)52-28-7-1-23(2-8-28)25-5-11-30-33(14-25)32(13-22(18-48)19-49)36-16-35-31-12-6-26(24-3-9-29(10-4-24)53-41(45,46)47)15-37(31)39(27(20-50)21-51)38(35)17-34(30)36/h1-12,14-17,22,32H,13H2. The lowest BCUT2D eigenvalue weighted by Crippen LogP contribution is -2.16. The fraction of sp³-hybridized carbons (Fsp3) is 0.122. The molecule has 0 heterocycles. The molecule has 7 rings (SSSR count). The lowest BCUT2D eigenvalue weighted by atomic mass is 9.86. The van der Waals surface area contributed by atoms with Gasteiger partial charge in [0, 0.05) is 11.5 Å². The molecule has 2 aliphatic carbocycles. The van der Waals surface area contributed by atoms with Crippen molar-refractivity contribution in [2.24, 2.45) is 5.92 Å². The molecule has 0 fully saturated rings. The number of fused-ring (bicyclic) bond motifs is 6. The zero-order chi connectivity index (χ0) is 37.7. The highest BCUT2D eigenvalue weighted by atomic mass is 19.4. The molecule has 6 nitrogen and oxygen atoms in total. The van der Waals surface area contributed by atoms with Crippen molar-refractivity contribution < 1.29 is 35.8 Å². The molecule has 1 unspecified atom stereocenters. The van der Waals surface area contributed by atoms with Crippen molar-refractivity contribution in [3.8, 4) is 80.3 Å². The highest BCUT2D eigenvalue weighted by Crippen LogP contribution is 2.55. The molecule has 0 aromatic heterocycles. The third kappa shape index (κ3) is 6.51. The maximum atomic E-state index is 12.7. The van der Waals surface area contributed by atoms with Gasteiger partial charge in [0.1, 0.15) is 35.1 Å². The summed E-state index contributed by atoms with van der Waals surface area (Å²) in [5.74, 6) is -2.14. The van der Waals surface area contributed by atoms with E-state index in [4.69, 9.17) is 0 Å². The van der Waals surface area contributed by atoms with Crippen LogP contribution in [0.2, 0.25) is 0 Å². The number of ether oxygens (including phenoxy) is 2. The minimum absolute atomic E-state index is 0.145. The summed E-state index contributed by atoms with van der Waals surface area (Å²) in [5, 5.41) is 39.6. The average molecular weight is 715 g/mol. The first-order chi connectivity index (χ1) is 25.3. The van der Waals surface area contributed by atoms with Crippen molar-refractivity contribution in [1.82, 2.24) is 0 Å². The number of halogens is 6. The van der Waals surface area contributed by atoms with E-state index in [1.807, 2.05) is 60.7 Å². The van der Waals surface area contributed by atoms with E-state index in [9.17, 15) is 47.4 Å². The molecule has 0 saturated heterocycles. The number of hydrogen-bond donors (Lipinski definition) is 0. The van der Waals surface area contributed by atoms with E-state index in [0.29, 0.717) is 50.1 Å². The topological polar surface area (TPSA) is 114 Å². The monoisotopic (exact) mass is 714 g/mol. The Hall–Kier alpha value is -7.02. The summed E-state index contributed by atoms with van der Waals surface area (Å²) in [5.41, 5.74) is 8.49. The van der Waals surface area contributed by atoms with Gasteiger partial charge in [-0.05, 0) is 122 Å². The Labute approximate surface area is 298 Å². The third-order valence-electron chi connectivity index (χ3n) is 9.23. The number of benzene rings is 5. The van der Waals surface area contributed by atoms with Crippen LogP contribution in [-0.2, 0) is 0 Å². The van der Waals surface area contributed by atoms with Crippen LogP contribution < -0.4 is 9.47 Å². The van der Waals surface area contributed by atoms with Gasteiger partial charge in [-0.1, -0.05) is 48.5 Å². The molecule has 0 amide bonds. The van der Waals surface area contributed by atoms with Crippen LogP contribution >= 0.6 is 0 Å². The molecular weight excluding hydrogens is 694 g/mol. The zero-order valence-corrected chi connectivity index (χ0v) is 27.0. The SMILES string of the molecule is N#CC(C#N)=C1c2cc(-c3ccc(OC(F)(F)F)cc3)ccc2-c2cc3c(cc21)-c1ccc(-c2ccc(OC(F)(F)F)cc2)cc1C3CC(C#N)C#N. The normalized spacial score (nSPS) is 13.8. The average Bonchev–Trinajstić information content (AvgIpc) is 3.60. The minimum Gasteiger partial charge on any atom is -0.406 e. The van der Waals surface area contributed by atoms with E-state index < -0.39 is 24.6 Å². The number of hydrogen-bond acceptors (Lipinski definition) is 6. The van der Waals surface area contributed by atoms with Gasteiger partial charge in [0.25, 0.3) is 0 Å². The first-order valence-corrected chi connectivity index (χ1v) is 15.8. The molecule has 1 atom stereocenters. The fourth-order valence-corrected chi connectivity index (χ4v) is 7.05. The smallest absolute Gasteiger partial charge is 0.406 e. The van der Waals surface area contributed by atoms with Gasteiger partial charge in [-0.3, -0.25) is 0 Å². The van der Waals surface area contributed by atoms with Gasteiger partial charge in [-0.15, -0.1) is 26.3 Å². The molecule has 12 heteroatoms. The van der Waals surface area contributed by atoms with Crippen molar-refractivity contribution in [3.63, 3.8) is 0 Å². The Morgan fingerprint density at radius 2 is 1.00 bits per heavy atom. The Morgan fingerprint density at radius 3 is 1.51 bits per heavy atom. The molecule has 258 valence electrons. The Balaban J connectivity index is 1.34. The van der Waals surface area contributed by atoms with Crippen LogP contribution in [-0.4, -0.2) is 12.7 Å². The molecule has 5 aromatic rings. The van der Waals surface area contributed by atoms with Gasteiger partial charge in [0.05, 0.1) is 12.1 Å². The van der Waals surface area contributed by atoms with Crippen molar-refractivity contribution >= 4 is 5.57 Å². The minimum atomic E-state index is -4.84. The van der Waals surface area contributed by atoms with E-state index in [2.05, 4.69) is 9.47 Å². The van der Waals surface area contributed by atoms with Crippen LogP contribution in [0.3, 0.4) is 0 Å². The largest absolute Gasteiger partial charge is 0.573 e. The number of nitriles is 4. The van der Waals surface area contributed by atoms with Crippen LogP contribution in [0, 0.1) is 51.2 Å². The summed E-state index contributed by atoms with van der Waals surface area (Å²) >= 11 is 0. The number of allylic oxidation sites excluding steroid dienone is 1. The van der Waals surface area contributed by atoms with E-state index in [1.165, 1.54) is 48.5 Å². The van der Waals surface area contributed by atoms with E-state index >= 15 is 0 Å². The zero-order valence-electron chi connectivity index (χ0n) is 27.0. The summed E-state index contributed by atoms with van der Waals surface area (Å²) in [6.45, 7) is 0. The van der Waals surface area contributed by atoms with Crippen LogP contribution in [0.15, 0.2) is 103 Å². The van der Waals surface area contributed by atoms with Gasteiger partial charge < -0.3 is 9.47 Å². The van der Waals surface area contributed by atoms with Crippen LogP contribution in [0.4, 0.5) is 26.3 Å². The second-order valence-corrected chi connectivity index (χ2v) is 12.3. The van der Waals surface area contributed by atoms with E-state index in [0.717, 1.165) is 22.3 Å². The van der Waals surface area contributed by atoms with Gasteiger partial charge in [0.15, 0.2) is 0 Å². The lowest BCUT2D eigenvalue weighted by molar-refractivity contribution is -0.275. The maximum absolute atomic E-state index is 12.7. The third-order valence-corrected chi connectivity index (χ3v) is 9.23. The van der Waals surface area contributed by atoms with Crippen molar-refractivity contribution in [3.05, 3.63) is 125 Å². The van der Waals surface area contributed by atoms with Gasteiger partial charge in [0.2, 0.25) is 0 Å². The number of alkyl halides is 6. The summed E-state index contributed by atoms with van der Waals surface area (Å²) in [6.07, 6.45) is -9.53. The van der Waals surface area contributed by atoms with Gasteiger partial charge in [-0.25, -0.2) is 0 Å². The summed E-state index contributed by atoms with van der Waals surface area (Å²) in [6, 6.07) is 33.6. The molecule has 0 aliphatic heterocycles. The Kier molecular flexibility index (Phi) is 8.41. The number of rotatable bonds is 6. The lowest BCUT2D eigenvalue weighted by Gasteiger charge is -2.16. The first-order valence-electron chi connectivity index (χ1n) is 15.8. The quantitative estimate of drug-likeness (QED) is 0.125. The molecular formula is C41H20F6N4O2. The molecule has 2 aliphatic rings. The second kappa shape index (κ2) is 12.9. The molecule has 0 radical (unpaired) electrons. The van der Waals surface area contributed by atoms with Crippen LogP contribution in [0.25, 0.3) is 50.1 Å². The number of nitrogens with zero attached hydrogens (tertiary/aromatic N) is 4. The maximum Gasteiger partial charge on any atom is 0.573 e. The van der Waals surface area contributed by atoms with E-state index in [-0.39, 0.29) is 23.5 Å². The summed E-state index contributed by atoms with van der Waals surface area (Å²) in [4.78, 5) is 0. The molecule has 0 N–H and O–H groups in total. The molecule has 0 saturated carbocycles. The predicted molar refractivity (Wildman–Crippen MR) is 180 cm³/mol. The second-order valence-electron chi connectivity index (χ2n) is 12.3. The predicted octanol–water partition coefficient (Wildman–Crippen LogP) is 10.8. The molecule has 0 bridgehead atoms. The van der Waals surface area contributed by atoms with Crippen LogP contribution in [0.5, 0.6) is 11.5 Å². The summed E-state index contributed by atoms with van der Waals surface area (Å²) < 4.78 is 84.4. The van der Waals surface area contributed by atoms with Crippen molar-refractivity contribution in [2.75, 3.05) is 0 Å². The van der Waals surface area contributed by atoms with Crippen LogP contribution in [0.1, 0.15) is 34.6 Å². The highest BCUT2D eigenvalue weighted by molar-refractivity contribution is 6.07. The van der Waals surface area contributed by atoms with Crippen molar-refractivity contribution in [2.45, 2.75) is 25.1 Å². The van der Waals surface area contributed by atoms with E-state index in [1.54, 1.807) is 12.1 Å². The molecule has 5 aromatic carbocycles. The first kappa shape index (κ1) is 34.4. The molecule has 53 heavy (non-hydrogen) atoms. The molecule has 0 spiro atoms. The Bertz CT molecular complexity index is 2480.